The van der Waals surface area contributed by atoms with E-state index in [1.54, 1.807) is 0 Å². The highest BCUT2D eigenvalue weighted by atomic mass is 127. The van der Waals surface area contributed by atoms with Crippen LogP contribution in [0.2, 0.25) is 0 Å². The van der Waals surface area contributed by atoms with Crippen LogP contribution in [0.4, 0.5) is 8.78 Å². The van der Waals surface area contributed by atoms with Gasteiger partial charge in [0.2, 0.25) is 0 Å². The minimum Gasteiger partial charge on any atom is -0.356 e. The summed E-state index contributed by atoms with van der Waals surface area (Å²) in [4.78, 5) is 0. The van der Waals surface area contributed by atoms with Crippen LogP contribution >= 0.6 is 22.6 Å². The first-order valence-electron chi connectivity index (χ1n) is 10.0. The number of hydrogen-bond donors (Lipinski definition) is 1. The summed E-state index contributed by atoms with van der Waals surface area (Å²) in [6.45, 7) is 2.80. The zero-order valence-electron chi connectivity index (χ0n) is 16.1. The number of benzene rings is 2. The molecule has 1 aromatic heterocycles. The first kappa shape index (κ1) is 19.4. The summed E-state index contributed by atoms with van der Waals surface area (Å²) in [5.41, 5.74) is 3.13. The molecule has 4 nitrogen and oxygen atoms in total. The van der Waals surface area contributed by atoms with Crippen molar-refractivity contribution < 1.29 is 13.5 Å². The minimum atomic E-state index is -0.524. The van der Waals surface area contributed by atoms with E-state index < -0.39 is 17.7 Å². The number of ether oxygens (including phenoxy) is 1. The predicted octanol–water partition coefficient (Wildman–Crippen LogP) is 5.24. The van der Waals surface area contributed by atoms with Gasteiger partial charge in [0.05, 0.1) is 17.8 Å². The fourth-order valence-corrected chi connectivity index (χ4v) is 5.19. The molecule has 5 rings (SSSR count). The van der Waals surface area contributed by atoms with Crippen molar-refractivity contribution in [3.05, 3.63) is 62.4 Å². The molecule has 3 unspecified atom stereocenters. The molecule has 3 heterocycles. The SMILES string of the molecule is CC1Cc2c(ccc3c2cnn3C2CCCCO2)C(c2c(F)cc(I)cc2F)N1. The summed E-state index contributed by atoms with van der Waals surface area (Å²) in [5.74, 6) is -1.03. The van der Waals surface area contributed by atoms with E-state index >= 15 is 0 Å². The van der Waals surface area contributed by atoms with Crippen LogP contribution in [-0.4, -0.2) is 22.4 Å². The lowest BCUT2D eigenvalue weighted by Gasteiger charge is -2.33. The molecule has 152 valence electrons. The van der Waals surface area contributed by atoms with Gasteiger partial charge in [-0.15, -0.1) is 0 Å². The lowest BCUT2D eigenvalue weighted by atomic mass is 9.85. The largest absolute Gasteiger partial charge is 0.356 e. The Morgan fingerprint density at radius 3 is 2.72 bits per heavy atom. The van der Waals surface area contributed by atoms with E-state index in [9.17, 15) is 8.78 Å². The molecule has 1 N–H and O–H groups in total. The average Bonchev–Trinajstić information content (AvgIpc) is 3.12. The van der Waals surface area contributed by atoms with Gasteiger partial charge in [0.25, 0.3) is 0 Å². The number of fused-ring (bicyclic) bond motifs is 3. The highest BCUT2D eigenvalue weighted by Gasteiger charge is 2.32. The number of halogens is 3. The van der Waals surface area contributed by atoms with Gasteiger partial charge in [-0.05, 0) is 84.5 Å². The van der Waals surface area contributed by atoms with E-state index in [1.165, 1.54) is 12.1 Å². The molecule has 0 saturated carbocycles. The van der Waals surface area contributed by atoms with Gasteiger partial charge in [0.15, 0.2) is 6.23 Å². The molecule has 2 aliphatic rings. The molecule has 1 fully saturated rings. The molecule has 0 spiro atoms. The van der Waals surface area contributed by atoms with E-state index in [1.807, 2.05) is 52.5 Å². The van der Waals surface area contributed by atoms with Crippen LogP contribution in [0.1, 0.15) is 55.1 Å². The summed E-state index contributed by atoms with van der Waals surface area (Å²) < 4.78 is 37.9. The Bertz CT molecular complexity index is 1050. The molecule has 1 saturated heterocycles. The highest BCUT2D eigenvalue weighted by Crippen LogP contribution is 2.38. The maximum Gasteiger partial charge on any atom is 0.150 e. The third-order valence-corrected chi connectivity index (χ3v) is 6.58. The third kappa shape index (κ3) is 3.37. The van der Waals surface area contributed by atoms with E-state index in [-0.39, 0.29) is 17.8 Å². The topological polar surface area (TPSA) is 39.1 Å². The summed E-state index contributed by atoms with van der Waals surface area (Å²) >= 11 is 1.93. The van der Waals surface area contributed by atoms with Crippen molar-refractivity contribution in [2.45, 2.75) is 50.9 Å². The van der Waals surface area contributed by atoms with Crippen molar-refractivity contribution in [2.24, 2.45) is 0 Å². The lowest BCUT2D eigenvalue weighted by molar-refractivity contribution is -0.0366. The maximum atomic E-state index is 14.8. The number of rotatable bonds is 2. The second-order valence-electron chi connectivity index (χ2n) is 7.96. The van der Waals surface area contributed by atoms with Crippen LogP contribution in [0.5, 0.6) is 0 Å². The molecule has 3 aromatic rings. The average molecular weight is 509 g/mol. The van der Waals surface area contributed by atoms with Crippen molar-refractivity contribution in [2.75, 3.05) is 6.61 Å². The molecule has 0 bridgehead atoms. The lowest BCUT2D eigenvalue weighted by Crippen LogP contribution is -2.38. The zero-order valence-corrected chi connectivity index (χ0v) is 18.2. The minimum absolute atomic E-state index is 0.0414. The molecular formula is C22H22F2IN3O. The molecule has 2 aromatic carbocycles. The number of hydrogen-bond acceptors (Lipinski definition) is 3. The highest BCUT2D eigenvalue weighted by molar-refractivity contribution is 14.1. The number of aromatic nitrogens is 2. The van der Waals surface area contributed by atoms with Gasteiger partial charge in [-0.3, -0.25) is 0 Å². The fraction of sp³-hybridized carbons (Fsp3) is 0.409. The van der Waals surface area contributed by atoms with Gasteiger partial charge in [-0.1, -0.05) is 6.07 Å². The van der Waals surface area contributed by atoms with Crippen molar-refractivity contribution in [3.8, 4) is 0 Å². The second-order valence-corrected chi connectivity index (χ2v) is 9.21. The van der Waals surface area contributed by atoms with Crippen molar-refractivity contribution in [3.63, 3.8) is 0 Å². The molecule has 2 aliphatic heterocycles. The third-order valence-electron chi connectivity index (χ3n) is 5.96. The van der Waals surface area contributed by atoms with Crippen LogP contribution in [0, 0.1) is 15.2 Å². The van der Waals surface area contributed by atoms with Gasteiger partial charge in [-0.2, -0.15) is 5.10 Å². The summed E-state index contributed by atoms with van der Waals surface area (Å²) in [6.07, 6.45) is 5.79. The number of nitrogens with one attached hydrogen (secondary N) is 1. The van der Waals surface area contributed by atoms with E-state index in [2.05, 4.69) is 10.4 Å². The standard InChI is InChI=1S/C22H22F2IN3O/c1-12-8-15-14(22(27-12)21-17(23)9-13(25)10-18(21)24)5-6-19-16(15)11-26-28(19)20-4-2-3-7-29-20/h5-6,9-12,20,22,27H,2-4,7-8H2,1H3. The molecule has 0 aliphatic carbocycles. The Kier molecular flexibility index (Phi) is 5.08. The van der Waals surface area contributed by atoms with Gasteiger partial charge in [0.1, 0.15) is 11.6 Å². The Labute approximate surface area is 181 Å². The van der Waals surface area contributed by atoms with Crippen molar-refractivity contribution in [1.82, 2.24) is 15.1 Å². The molecular weight excluding hydrogens is 487 g/mol. The van der Waals surface area contributed by atoms with E-state index in [4.69, 9.17) is 4.74 Å². The monoisotopic (exact) mass is 509 g/mol. The van der Waals surface area contributed by atoms with Gasteiger partial charge < -0.3 is 10.1 Å². The Morgan fingerprint density at radius 2 is 2.00 bits per heavy atom. The Hall–Kier alpha value is -1.58. The quantitative estimate of drug-likeness (QED) is 0.481. The van der Waals surface area contributed by atoms with Crippen LogP contribution in [-0.2, 0) is 11.2 Å². The molecule has 0 amide bonds. The van der Waals surface area contributed by atoms with Crippen LogP contribution in [0.25, 0.3) is 10.9 Å². The predicted molar refractivity (Wildman–Crippen MR) is 116 cm³/mol. The summed E-state index contributed by atoms with van der Waals surface area (Å²) in [7, 11) is 0. The molecule has 29 heavy (non-hydrogen) atoms. The van der Waals surface area contributed by atoms with Gasteiger partial charge >= 0.3 is 0 Å². The van der Waals surface area contributed by atoms with Crippen molar-refractivity contribution in [1.29, 1.82) is 0 Å². The molecule has 0 radical (unpaired) electrons. The normalized spacial score (nSPS) is 24.6. The molecule has 3 atom stereocenters. The smallest absolute Gasteiger partial charge is 0.150 e. The molecule has 7 heteroatoms. The maximum absolute atomic E-state index is 14.8. The van der Waals surface area contributed by atoms with Crippen LogP contribution in [0.15, 0.2) is 30.5 Å². The fourth-order valence-electron chi connectivity index (χ4n) is 4.65. The van der Waals surface area contributed by atoms with E-state index in [0.29, 0.717) is 3.57 Å². The van der Waals surface area contributed by atoms with Crippen LogP contribution in [0.3, 0.4) is 0 Å². The Morgan fingerprint density at radius 1 is 1.21 bits per heavy atom. The second kappa shape index (κ2) is 7.59. The first-order chi connectivity index (χ1) is 14.0. The zero-order chi connectivity index (χ0) is 20.1. The first-order valence-corrected chi connectivity index (χ1v) is 11.1. The van der Waals surface area contributed by atoms with Gasteiger partial charge in [0, 0.05) is 27.2 Å². The van der Waals surface area contributed by atoms with E-state index in [0.717, 1.165) is 54.3 Å². The van der Waals surface area contributed by atoms with Crippen LogP contribution < -0.4 is 5.32 Å². The van der Waals surface area contributed by atoms with Crippen molar-refractivity contribution >= 4 is 33.5 Å². The summed E-state index contributed by atoms with van der Waals surface area (Å²) in [5, 5.41) is 9.05. The Balaban J connectivity index is 1.64. The number of nitrogens with zero attached hydrogens (tertiary/aromatic N) is 2. The van der Waals surface area contributed by atoms with Gasteiger partial charge in [-0.25, -0.2) is 13.5 Å². The summed E-state index contributed by atoms with van der Waals surface area (Å²) in [6, 6.07) is 6.33.